The zero-order chi connectivity index (χ0) is 26.2. The van der Waals surface area contributed by atoms with Crippen LogP contribution in [-0.2, 0) is 27.5 Å². The molecule has 0 N–H and O–H groups in total. The summed E-state index contributed by atoms with van der Waals surface area (Å²) in [6, 6.07) is 18.4. The van der Waals surface area contributed by atoms with Crippen LogP contribution >= 0.6 is 11.8 Å². The molecule has 1 saturated heterocycles. The van der Waals surface area contributed by atoms with Crippen LogP contribution in [0.4, 0.5) is 0 Å². The van der Waals surface area contributed by atoms with E-state index in [1.165, 1.54) is 24.1 Å². The van der Waals surface area contributed by atoms with Crippen molar-refractivity contribution in [2.45, 2.75) is 31.1 Å². The van der Waals surface area contributed by atoms with Crippen molar-refractivity contribution in [3.05, 3.63) is 94.0 Å². The van der Waals surface area contributed by atoms with Crippen molar-refractivity contribution in [3.8, 4) is 5.75 Å². The molecule has 1 aliphatic rings. The Labute approximate surface area is 220 Å². The molecular formula is C28H30N2O6S. The second-order valence-corrected chi connectivity index (χ2v) is 9.59. The van der Waals surface area contributed by atoms with Gasteiger partial charge in [-0.1, -0.05) is 42.5 Å². The van der Waals surface area contributed by atoms with E-state index >= 15 is 0 Å². The SMILES string of the molecule is CSc1ccc(COc2coc(CN3CCN(C(=O)C(OC(C)=O)c4ccccc4)CC3)cc2=O)cc1. The fourth-order valence-corrected chi connectivity index (χ4v) is 4.49. The molecule has 9 heteroatoms. The van der Waals surface area contributed by atoms with Gasteiger partial charge in [-0.05, 0) is 24.0 Å². The smallest absolute Gasteiger partial charge is 0.303 e. The Bertz CT molecular complexity index is 1250. The molecule has 1 aromatic heterocycles. The second kappa shape index (κ2) is 12.6. The van der Waals surface area contributed by atoms with Crippen molar-refractivity contribution in [1.29, 1.82) is 0 Å². The summed E-state index contributed by atoms with van der Waals surface area (Å²) >= 11 is 1.67. The van der Waals surface area contributed by atoms with E-state index in [0.29, 0.717) is 44.0 Å². The molecule has 0 bridgehead atoms. The summed E-state index contributed by atoms with van der Waals surface area (Å²) in [4.78, 5) is 42.3. The Hall–Kier alpha value is -3.56. The maximum Gasteiger partial charge on any atom is 0.303 e. The summed E-state index contributed by atoms with van der Waals surface area (Å²) in [5, 5.41) is 0. The third-order valence-electron chi connectivity index (χ3n) is 6.08. The fraction of sp³-hybridized carbons (Fsp3) is 0.321. The highest BCUT2D eigenvalue weighted by molar-refractivity contribution is 7.98. The maximum absolute atomic E-state index is 13.1. The summed E-state index contributed by atoms with van der Waals surface area (Å²) < 4.78 is 16.7. The largest absolute Gasteiger partial charge is 0.482 e. The molecule has 194 valence electrons. The van der Waals surface area contributed by atoms with Crippen molar-refractivity contribution >= 4 is 23.6 Å². The predicted molar refractivity (Wildman–Crippen MR) is 140 cm³/mol. The van der Waals surface area contributed by atoms with Crippen molar-refractivity contribution < 1.29 is 23.5 Å². The number of rotatable bonds is 9. The highest BCUT2D eigenvalue weighted by Gasteiger charge is 2.31. The molecule has 1 fully saturated rings. The second-order valence-electron chi connectivity index (χ2n) is 8.71. The summed E-state index contributed by atoms with van der Waals surface area (Å²) in [6.45, 7) is 4.18. The third-order valence-corrected chi connectivity index (χ3v) is 6.82. The molecule has 1 unspecified atom stereocenters. The van der Waals surface area contributed by atoms with E-state index in [2.05, 4.69) is 4.90 Å². The number of ether oxygens (including phenoxy) is 2. The molecule has 1 atom stereocenters. The Balaban J connectivity index is 1.30. The van der Waals surface area contributed by atoms with E-state index in [0.717, 1.165) is 5.56 Å². The summed E-state index contributed by atoms with van der Waals surface area (Å²) in [7, 11) is 0. The average Bonchev–Trinajstić information content (AvgIpc) is 2.92. The van der Waals surface area contributed by atoms with Gasteiger partial charge >= 0.3 is 5.97 Å². The van der Waals surface area contributed by atoms with E-state index in [1.54, 1.807) is 28.8 Å². The lowest BCUT2D eigenvalue weighted by atomic mass is 10.1. The predicted octanol–water partition coefficient (Wildman–Crippen LogP) is 3.89. The lowest BCUT2D eigenvalue weighted by Crippen LogP contribution is -2.50. The molecule has 2 aromatic carbocycles. The number of hydrogen-bond acceptors (Lipinski definition) is 8. The Morgan fingerprint density at radius 3 is 2.35 bits per heavy atom. The van der Waals surface area contributed by atoms with Gasteiger partial charge in [0, 0.05) is 49.6 Å². The van der Waals surface area contributed by atoms with Crippen molar-refractivity contribution in [1.82, 2.24) is 9.80 Å². The number of carbonyl (C=O) groups is 2. The average molecular weight is 523 g/mol. The molecule has 37 heavy (non-hydrogen) atoms. The van der Waals surface area contributed by atoms with Crippen molar-refractivity contribution in [3.63, 3.8) is 0 Å². The van der Waals surface area contributed by atoms with E-state index < -0.39 is 12.1 Å². The number of amides is 1. The molecule has 0 aliphatic carbocycles. The summed E-state index contributed by atoms with van der Waals surface area (Å²) in [5.41, 5.74) is 1.38. The van der Waals surface area contributed by atoms with Crippen LogP contribution in [0.1, 0.15) is 29.9 Å². The minimum Gasteiger partial charge on any atom is -0.482 e. The van der Waals surface area contributed by atoms with E-state index in [4.69, 9.17) is 13.9 Å². The van der Waals surface area contributed by atoms with Crippen molar-refractivity contribution in [2.24, 2.45) is 0 Å². The van der Waals surface area contributed by atoms with Gasteiger partial charge < -0.3 is 18.8 Å². The van der Waals surface area contributed by atoms with E-state index in [9.17, 15) is 14.4 Å². The first kappa shape index (κ1) is 26.5. The van der Waals surface area contributed by atoms with Crippen LogP contribution in [-0.4, -0.2) is 54.1 Å². The van der Waals surface area contributed by atoms with Crippen LogP contribution in [0.3, 0.4) is 0 Å². The molecule has 8 nitrogen and oxygen atoms in total. The van der Waals surface area contributed by atoms with Gasteiger partial charge in [0.2, 0.25) is 17.3 Å². The summed E-state index contributed by atoms with van der Waals surface area (Å²) in [5.74, 6) is -0.0389. The maximum atomic E-state index is 13.1. The van der Waals surface area contributed by atoms with E-state index in [1.807, 2.05) is 48.7 Å². The Kier molecular flexibility index (Phi) is 9.03. The van der Waals surface area contributed by atoms with Gasteiger partial charge in [-0.25, -0.2) is 0 Å². The Morgan fingerprint density at radius 1 is 1.03 bits per heavy atom. The van der Waals surface area contributed by atoms with Crippen molar-refractivity contribution in [2.75, 3.05) is 32.4 Å². The molecule has 2 heterocycles. The minimum absolute atomic E-state index is 0.172. The summed E-state index contributed by atoms with van der Waals surface area (Å²) in [6.07, 6.45) is 2.42. The van der Waals surface area contributed by atoms with Crippen LogP contribution < -0.4 is 10.2 Å². The van der Waals surface area contributed by atoms with Gasteiger partial charge in [0.1, 0.15) is 18.6 Å². The van der Waals surface area contributed by atoms with Gasteiger partial charge in [-0.2, -0.15) is 0 Å². The standard InChI is InChI=1S/C28H30N2O6S/c1-20(31)36-27(22-6-4-3-5-7-22)28(33)30-14-12-29(13-15-30)17-23-16-25(32)26(19-34-23)35-18-21-8-10-24(37-2)11-9-21/h3-11,16,19,27H,12-15,17-18H2,1-2H3. The lowest BCUT2D eigenvalue weighted by Gasteiger charge is -2.35. The Morgan fingerprint density at radius 2 is 1.73 bits per heavy atom. The number of carbonyl (C=O) groups excluding carboxylic acids is 2. The first-order valence-corrected chi connectivity index (χ1v) is 13.3. The van der Waals surface area contributed by atoms with Crippen LogP contribution in [0.15, 0.2) is 81.0 Å². The quantitative estimate of drug-likeness (QED) is 0.309. The van der Waals surface area contributed by atoms with Gasteiger partial charge in [0.05, 0.1) is 6.54 Å². The zero-order valence-electron chi connectivity index (χ0n) is 20.9. The number of piperazine rings is 1. The van der Waals surface area contributed by atoms with E-state index in [-0.39, 0.29) is 23.7 Å². The normalized spacial score (nSPS) is 14.7. The van der Waals surface area contributed by atoms with Gasteiger partial charge in [-0.3, -0.25) is 19.3 Å². The topological polar surface area (TPSA) is 89.3 Å². The van der Waals surface area contributed by atoms with Crippen LogP contribution in [0, 0.1) is 0 Å². The molecule has 3 aromatic rings. The number of esters is 1. The number of hydrogen-bond donors (Lipinski definition) is 0. The molecule has 1 aliphatic heterocycles. The number of thioether (sulfide) groups is 1. The van der Waals surface area contributed by atoms with Crippen LogP contribution in [0.25, 0.3) is 0 Å². The first-order chi connectivity index (χ1) is 17.9. The lowest BCUT2D eigenvalue weighted by molar-refractivity contribution is -0.160. The molecule has 0 spiro atoms. The molecule has 4 rings (SSSR count). The zero-order valence-corrected chi connectivity index (χ0v) is 21.7. The monoisotopic (exact) mass is 522 g/mol. The van der Waals surface area contributed by atoms with Gasteiger partial charge in [0.25, 0.3) is 5.91 Å². The van der Waals surface area contributed by atoms with Crippen LogP contribution in [0.2, 0.25) is 0 Å². The highest BCUT2D eigenvalue weighted by Crippen LogP contribution is 2.22. The van der Waals surface area contributed by atoms with Gasteiger partial charge in [-0.15, -0.1) is 11.8 Å². The molecular weight excluding hydrogens is 492 g/mol. The molecule has 1 amide bonds. The third kappa shape index (κ3) is 7.24. The first-order valence-electron chi connectivity index (χ1n) is 12.0. The number of nitrogens with zero attached hydrogens (tertiary/aromatic N) is 2. The molecule has 0 radical (unpaired) electrons. The number of benzene rings is 2. The minimum atomic E-state index is -0.959. The molecule has 0 saturated carbocycles. The highest BCUT2D eigenvalue weighted by atomic mass is 32.2. The van der Waals surface area contributed by atoms with Gasteiger partial charge in [0.15, 0.2) is 0 Å². The van der Waals surface area contributed by atoms with Crippen LogP contribution in [0.5, 0.6) is 5.75 Å². The fourth-order valence-electron chi connectivity index (χ4n) is 4.08.